The van der Waals surface area contributed by atoms with Crippen LogP contribution in [0.4, 0.5) is 5.69 Å². The van der Waals surface area contributed by atoms with Crippen molar-refractivity contribution in [3.8, 4) is 11.4 Å². The first-order valence-corrected chi connectivity index (χ1v) is 8.46. The summed E-state index contributed by atoms with van der Waals surface area (Å²) in [5, 5.41) is 15.0. The van der Waals surface area contributed by atoms with Crippen LogP contribution < -0.4 is 20.2 Å². The topological polar surface area (TPSA) is 112 Å². The van der Waals surface area contributed by atoms with Crippen LogP contribution in [0.25, 0.3) is 11.3 Å². The summed E-state index contributed by atoms with van der Waals surface area (Å²) in [7, 11) is 1.42. The number of benzene rings is 2. The Kier molecular flexibility index (Phi) is 4.32. The van der Waals surface area contributed by atoms with Crippen molar-refractivity contribution < 1.29 is 23.8 Å². The SMILES string of the molecule is COc1cc(Cl)ccc1-[n+]1[nH]oc(=O)c1C(=O)/C=C1/C([O-])=Nc2ccccc21. The number of carbonyl (C=O) groups excluding carboxylic acids is 1. The number of hydrogen-bond acceptors (Lipinski definition) is 6. The highest BCUT2D eigenvalue weighted by Gasteiger charge is 2.32. The van der Waals surface area contributed by atoms with Gasteiger partial charge in [-0.1, -0.05) is 29.8 Å². The summed E-state index contributed by atoms with van der Waals surface area (Å²) in [6.45, 7) is 0. The minimum atomic E-state index is -0.894. The molecule has 140 valence electrons. The number of para-hydroxylation sites is 1. The second kappa shape index (κ2) is 6.82. The highest BCUT2D eigenvalue weighted by Crippen LogP contribution is 2.33. The molecule has 4 rings (SSSR count). The maximum Gasteiger partial charge on any atom is 0.439 e. The molecule has 2 aromatic carbocycles. The van der Waals surface area contributed by atoms with Gasteiger partial charge in [0.05, 0.1) is 12.8 Å². The molecule has 0 radical (unpaired) electrons. The van der Waals surface area contributed by atoms with Crippen LogP contribution in [0.2, 0.25) is 5.02 Å². The molecule has 3 aromatic rings. The quantitative estimate of drug-likeness (QED) is 0.408. The van der Waals surface area contributed by atoms with Gasteiger partial charge >= 0.3 is 11.3 Å². The van der Waals surface area contributed by atoms with Crippen molar-refractivity contribution in [3.05, 3.63) is 75.2 Å². The van der Waals surface area contributed by atoms with Crippen LogP contribution in [0.5, 0.6) is 5.75 Å². The number of carbonyl (C=O) groups is 1. The number of aliphatic imine (C=N–C) groups is 1. The molecule has 1 aromatic heterocycles. The van der Waals surface area contributed by atoms with E-state index in [1.54, 1.807) is 36.4 Å². The number of ether oxygens (including phenoxy) is 1. The lowest BCUT2D eigenvalue weighted by Gasteiger charge is -2.06. The van der Waals surface area contributed by atoms with Crippen molar-refractivity contribution in [2.75, 3.05) is 7.11 Å². The van der Waals surface area contributed by atoms with E-state index < -0.39 is 17.3 Å². The minimum Gasteiger partial charge on any atom is -0.858 e. The third-order valence-electron chi connectivity index (χ3n) is 4.18. The standard InChI is InChI=1S/C19H12ClN3O5/c1-27-16-8-10(20)6-7-14(16)23-17(19(26)28-22-23)15(24)9-12-11-4-2-3-5-13(11)21-18(12)25/h2-9H,1H3,(H-,21,22,24,25,26). The van der Waals surface area contributed by atoms with Crippen molar-refractivity contribution in [2.45, 2.75) is 0 Å². The summed E-state index contributed by atoms with van der Waals surface area (Å²) < 4.78 is 11.2. The fourth-order valence-corrected chi connectivity index (χ4v) is 3.07. The molecule has 0 atom stereocenters. The van der Waals surface area contributed by atoms with Crippen LogP contribution in [0, 0.1) is 0 Å². The van der Waals surface area contributed by atoms with E-state index in [0.29, 0.717) is 27.7 Å². The molecule has 28 heavy (non-hydrogen) atoms. The van der Waals surface area contributed by atoms with Crippen LogP contribution >= 0.6 is 11.6 Å². The van der Waals surface area contributed by atoms with E-state index >= 15 is 0 Å². The van der Waals surface area contributed by atoms with Crippen LogP contribution in [0.1, 0.15) is 16.1 Å². The first-order valence-electron chi connectivity index (χ1n) is 8.08. The van der Waals surface area contributed by atoms with Crippen molar-refractivity contribution in [3.63, 3.8) is 0 Å². The molecule has 0 bridgehead atoms. The molecule has 0 saturated heterocycles. The molecule has 0 saturated carbocycles. The van der Waals surface area contributed by atoms with E-state index in [-0.39, 0.29) is 11.3 Å². The van der Waals surface area contributed by atoms with Crippen LogP contribution in [0.3, 0.4) is 0 Å². The fraction of sp³-hybridized carbons (Fsp3) is 0.0526. The molecule has 0 amide bonds. The predicted molar refractivity (Wildman–Crippen MR) is 98.3 cm³/mol. The number of hydrogen-bond donors (Lipinski definition) is 1. The van der Waals surface area contributed by atoms with Gasteiger partial charge in [0.25, 0.3) is 11.5 Å². The number of rotatable bonds is 4. The zero-order valence-corrected chi connectivity index (χ0v) is 15.2. The number of halogens is 1. The zero-order valence-electron chi connectivity index (χ0n) is 14.4. The molecule has 9 heteroatoms. The van der Waals surface area contributed by atoms with E-state index in [9.17, 15) is 14.7 Å². The van der Waals surface area contributed by atoms with Gasteiger partial charge in [-0.2, -0.15) is 0 Å². The van der Waals surface area contributed by atoms with Crippen LogP contribution in [-0.2, 0) is 0 Å². The van der Waals surface area contributed by atoms with Crippen molar-refractivity contribution >= 4 is 34.5 Å². The Morgan fingerprint density at radius 1 is 1.32 bits per heavy atom. The maximum atomic E-state index is 12.9. The second-order valence-corrected chi connectivity index (χ2v) is 6.27. The van der Waals surface area contributed by atoms with Crippen LogP contribution in [0.15, 0.2) is 62.9 Å². The summed E-state index contributed by atoms with van der Waals surface area (Å²) in [4.78, 5) is 28.9. The number of fused-ring (bicyclic) bond motifs is 1. The lowest BCUT2D eigenvalue weighted by molar-refractivity contribution is -0.672. The van der Waals surface area contributed by atoms with Crippen molar-refractivity contribution in [1.82, 2.24) is 5.27 Å². The molecule has 1 N–H and O–H groups in total. The van der Waals surface area contributed by atoms with Gasteiger partial charge in [-0.25, -0.2) is 4.79 Å². The van der Waals surface area contributed by atoms with Gasteiger partial charge in [-0.05, 0) is 33.6 Å². The van der Waals surface area contributed by atoms with Gasteiger partial charge in [-0.3, -0.25) is 14.3 Å². The Balaban J connectivity index is 1.82. The first-order chi connectivity index (χ1) is 13.5. The van der Waals surface area contributed by atoms with Gasteiger partial charge in [-0.15, -0.1) is 0 Å². The highest BCUT2D eigenvalue weighted by atomic mass is 35.5. The number of aromatic nitrogens is 2. The average Bonchev–Trinajstić information content (AvgIpc) is 3.21. The van der Waals surface area contributed by atoms with E-state index in [2.05, 4.69) is 10.3 Å². The predicted octanol–water partition coefficient (Wildman–Crippen LogP) is 1.58. The first kappa shape index (κ1) is 17.7. The summed E-state index contributed by atoms with van der Waals surface area (Å²) in [5.41, 5.74) is 0.217. The number of methoxy groups -OCH3 is 1. The van der Waals surface area contributed by atoms with Crippen molar-refractivity contribution in [1.29, 1.82) is 0 Å². The zero-order chi connectivity index (χ0) is 19.8. The maximum absolute atomic E-state index is 12.9. The van der Waals surface area contributed by atoms with Crippen molar-refractivity contribution in [2.24, 2.45) is 4.99 Å². The molecular weight excluding hydrogens is 386 g/mol. The Hall–Kier alpha value is -3.65. The molecule has 0 aliphatic carbocycles. The van der Waals surface area contributed by atoms with E-state index in [0.717, 1.165) is 10.8 Å². The molecule has 0 spiro atoms. The number of nitrogens with one attached hydrogen (secondary N) is 1. The highest BCUT2D eigenvalue weighted by molar-refractivity contribution is 6.30. The number of allylic oxidation sites excluding steroid dienone is 1. The molecule has 1 aliphatic rings. The van der Waals surface area contributed by atoms with Gasteiger partial charge in [0.1, 0.15) is 0 Å². The lowest BCUT2D eigenvalue weighted by Crippen LogP contribution is -2.41. The monoisotopic (exact) mass is 397 g/mol. The van der Waals surface area contributed by atoms with Gasteiger partial charge in [0, 0.05) is 28.8 Å². The van der Waals surface area contributed by atoms with E-state index in [1.807, 2.05) is 0 Å². The van der Waals surface area contributed by atoms with Gasteiger partial charge in [0.15, 0.2) is 5.75 Å². The summed E-state index contributed by atoms with van der Waals surface area (Å²) >= 11 is 5.96. The largest absolute Gasteiger partial charge is 0.858 e. The molecular formula is C19H12ClN3O5. The third-order valence-corrected chi connectivity index (χ3v) is 4.42. The van der Waals surface area contributed by atoms with Gasteiger partial charge in [0.2, 0.25) is 0 Å². The van der Waals surface area contributed by atoms with Crippen LogP contribution in [-0.4, -0.2) is 24.1 Å². The Labute approximate surface area is 162 Å². The van der Waals surface area contributed by atoms with E-state index in [1.165, 1.54) is 13.2 Å². The lowest BCUT2D eigenvalue weighted by atomic mass is 10.0. The Bertz CT molecular complexity index is 1220. The number of H-pyrrole nitrogens is 1. The molecule has 0 unspecified atom stereocenters. The summed E-state index contributed by atoms with van der Waals surface area (Å²) in [6, 6.07) is 11.5. The smallest absolute Gasteiger partial charge is 0.439 e. The molecule has 0 fully saturated rings. The molecule has 2 heterocycles. The Morgan fingerprint density at radius 3 is 2.89 bits per heavy atom. The number of aromatic amines is 1. The Morgan fingerprint density at radius 2 is 2.11 bits per heavy atom. The molecule has 8 nitrogen and oxygen atoms in total. The molecule has 1 aliphatic heterocycles. The van der Waals surface area contributed by atoms with E-state index in [4.69, 9.17) is 20.9 Å². The second-order valence-electron chi connectivity index (χ2n) is 5.84. The average molecular weight is 398 g/mol. The minimum absolute atomic E-state index is 0.107. The summed E-state index contributed by atoms with van der Waals surface area (Å²) in [5.74, 6) is -0.958. The summed E-state index contributed by atoms with van der Waals surface area (Å²) in [6.07, 6.45) is 1.08. The normalized spacial score (nSPS) is 14.1. The number of ketones is 1. The third kappa shape index (κ3) is 2.89. The fourth-order valence-electron chi connectivity index (χ4n) is 2.91. The van der Waals surface area contributed by atoms with Gasteiger partial charge < -0.3 is 9.84 Å². The number of nitrogens with zero attached hydrogens (tertiary/aromatic N) is 2.